The molecule has 0 aliphatic heterocycles. The lowest BCUT2D eigenvalue weighted by atomic mass is 9.95. The van der Waals surface area contributed by atoms with Crippen LogP contribution in [0.1, 0.15) is 36.3 Å². The standard InChI is InChI=1S/C16H22N4O/c1-16(2,10-9-12-7-5-4-6-8-12)18-15(21)14-13(17)11-20(3)19-14/h4-8,11H,9-10,17H2,1-3H3,(H,18,21). The van der Waals surface area contributed by atoms with E-state index in [0.29, 0.717) is 5.69 Å². The maximum absolute atomic E-state index is 12.2. The molecule has 0 aliphatic rings. The molecule has 1 amide bonds. The minimum atomic E-state index is -0.323. The summed E-state index contributed by atoms with van der Waals surface area (Å²) in [5, 5.41) is 7.09. The van der Waals surface area contributed by atoms with Gasteiger partial charge in [-0.25, -0.2) is 0 Å². The Morgan fingerprint density at radius 3 is 2.57 bits per heavy atom. The molecule has 1 heterocycles. The molecule has 1 aromatic carbocycles. The molecule has 0 saturated heterocycles. The smallest absolute Gasteiger partial charge is 0.274 e. The Kier molecular flexibility index (Phi) is 4.31. The largest absolute Gasteiger partial charge is 0.396 e. The summed E-state index contributed by atoms with van der Waals surface area (Å²) < 4.78 is 1.54. The molecule has 0 unspecified atom stereocenters. The molecule has 2 aromatic rings. The van der Waals surface area contributed by atoms with Crippen molar-refractivity contribution in [3.63, 3.8) is 0 Å². The van der Waals surface area contributed by atoms with E-state index in [0.717, 1.165) is 12.8 Å². The first-order chi connectivity index (χ1) is 9.87. The van der Waals surface area contributed by atoms with Gasteiger partial charge in [-0.15, -0.1) is 0 Å². The third-order valence-electron chi connectivity index (χ3n) is 3.41. The Hall–Kier alpha value is -2.30. The predicted octanol–water partition coefficient (Wildman–Crippen LogP) is 2.14. The van der Waals surface area contributed by atoms with Crippen LogP contribution in [0.5, 0.6) is 0 Å². The summed E-state index contributed by atoms with van der Waals surface area (Å²) in [5.74, 6) is -0.230. The number of nitrogens with two attached hydrogens (primary N) is 1. The highest BCUT2D eigenvalue weighted by Crippen LogP contribution is 2.16. The van der Waals surface area contributed by atoms with Crippen molar-refractivity contribution in [1.29, 1.82) is 0 Å². The van der Waals surface area contributed by atoms with E-state index in [1.165, 1.54) is 5.56 Å². The number of aryl methyl sites for hydroxylation is 2. The van der Waals surface area contributed by atoms with Crippen LogP contribution in [0.4, 0.5) is 5.69 Å². The first kappa shape index (κ1) is 15.1. The first-order valence-corrected chi connectivity index (χ1v) is 7.03. The van der Waals surface area contributed by atoms with Crippen LogP contribution in [0.2, 0.25) is 0 Å². The zero-order valence-electron chi connectivity index (χ0n) is 12.8. The molecule has 112 valence electrons. The molecule has 2 rings (SSSR count). The maximum Gasteiger partial charge on any atom is 0.274 e. The second kappa shape index (κ2) is 5.99. The lowest BCUT2D eigenvalue weighted by Gasteiger charge is -2.26. The van der Waals surface area contributed by atoms with Gasteiger partial charge >= 0.3 is 0 Å². The number of anilines is 1. The third-order valence-corrected chi connectivity index (χ3v) is 3.41. The minimum absolute atomic E-state index is 0.230. The van der Waals surface area contributed by atoms with Crippen molar-refractivity contribution in [2.24, 2.45) is 7.05 Å². The monoisotopic (exact) mass is 286 g/mol. The summed E-state index contributed by atoms with van der Waals surface area (Å²) in [6.07, 6.45) is 3.38. The minimum Gasteiger partial charge on any atom is -0.396 e. The number of benzene rings is 1. The van der Waals surface area contributed by atoms with Gasteiger partial charge in [0.2, 0.25) is 0 Å². The molecule has 3 N–H and O–H groups in total. The SMILES string of the molecule is Cn1cc(N)c(C(=O)NC(C)(C)CCc2ccccc2)n1. The van der Waals surface area contributed by atoms with E-state index in [2.05, 4.69) is 22.5 Å². The van der Waals surface area contributed by atoms with Crippen LogP contribution in [0.3, 0.4) is 0 Å². The van der Waals surface area contributed by atoms with E-state index in [9.17, 15) is 4.79 Å². The molecule has 0 bridgehead atoms. The van der Waals surface area contributed by atoms with Gasteiger partial charge in [0.05, 0.1) is 5.69 Å². The van der Waals surface area contributed by atoms with Crippen LogP contribution in [0.25, 0.3) is 0 Å². The maximum atomic E-state index is 12.2. The number of nitrogen functional groups attached to an aromatic ring is 1. The van der Waals surface area contributed by atoms with Gasteiger partial charge in [0.25, 0.3) is 5.91 Å². The Labute approximate surface area is 125 Å². The lowest BCUT2D eigenvalue weighted by molar-refractivity contribution is 0.0904. The molecular weight excluding hydrogens is 264 g/mol. The molecule has 0 spiro atoms. The van der Waals surface area contributed by atoms with Crippen LogP contribution in [0.15, 0.2) is 36.5 Å². The normalized spacial score (nSPS) is 11.4. The number of nitrogens with one attached hydrogen (secondary N) is 1. The van der Waals surface area contributed by atoms with Gasteiger partial charge in [-0.3, -0.25) is 9.48 Å². The zero-order valence-corrected chi connectivity index (χ0v) is 12.8. The van der Waals surface area contributed by atoms with Crippen molar-refractivity contribution >= 4 is 11.6 Å². The van der Waals surface area contributed by atoms with Gasteiger partial charge in [-0.05, 0) is 32.3 Å². The summed E-state index contributed by atoms with van der Waals surface area (Å²) in [6, 6.07) is 10.2. The fourth-order valence-corrected chi connectivity index (χ4v) is 2.21. The fourth-order valence-electron chi connectivity index (χ4n) is 2.21. The van der Waals surface area contributed by atoms with Crippen molar-refractivity contribution in [2.75, 3.05) is 5.73 Å². The second-order valence-electron chi connectivity index (χ2n) is 5.93. The number of hydrogen-bond donors (Lipinski definition) is 2. The number of nitrogens with zero attached hydrogens (tertiary/aromatic N) is 2. The lowest BCUT2D eigenvalue weighted by Crippen LogP contribution is -2.44. The summed E-state index contributed by atoms with van der Waals surface area (Å²) in [7, 11) is 1.74. The van der Waals surface area contributed by atoms with Gasteiger partial charge in [0.15, 0.2) is 5.69 Å². The summed E-state index contributed by atoms with van der Waals surface area (Å²) in [6.45, 7) is 4.01. The average Bonchev–Trinajstić information content (AvgIpc) is 2.76. The van der Waals surface area contributed by atoms with E-state index in [1.807, 2.05) is 32.0 Å². The van der Waals surface area contributed by atoms with Crippen LogP contribution in [-0.4, -0.2) is 21.2 Å². The second-order valence-corrected chi connectivity index (χ2v) is 5.93. The number of hydrogen-bond acceptors (Lipinski definition) is 3. The number of aromatic nitrogens is 2. The van der Waals surface area contributed by atoms with Gasteiger partial charge in [0, 0.05) is 18.8 Å². The van der Waals surface area contributed by atoms with Crippen molar-refractivity contribution < 1.29 is 4.79 Å². The van der Waals surface area contributed by atoms with Crippen LogP contribution < -0.4 is 11.1 Å². The van der Waals surface area contributed by atoms with Gasteiger partial charge in [-0.2, -0.15) is 5.10 Å². The molecular formula is C16H22N4O. The highest BCUT2D eigenvalue weighted by Gasteiger charge is 2.23. The molecule has 5 heteroatoms. The topological polar surface area (TPSA) is 72.9 Å². The van der Waals surface area contributed by atoms with Crippen molar-refractivity contribution in [3.05, 3.63) is 47.8 Å². The van der Waals surface area contributed by atoms with E-state index in [-0.39, 0.29) is 17.1 Å². The summed E-state index contributed by atoms with van der Waals surface area (Å²) in [4.78, 5) is 12.2. The molecule has 21 heavy (non-hydrogen) atoms. The number of carbonyl (C=O) groups excluding carboxylic acids is 1. The quantitative estimate of drug-likeness (QED) is 0.884. The molecule has 0 saturated carbocycles. The fraction of sp³-hybridized carbons (Fsp3) is 0.375. The molecule has 1 aromatic heterocycles. The highest BCUT2D eigenvalue weighted by atomic mass is 16.2. The van der Waals surface area contributed by atoms with Crippen molar-refractivity contribution in [2.45, 2.75) is 32.2 Å². The van der Waals surface area contributed by atoms with Gasteiger partial charge < -0.3 is 11.1 Å². The van der Waals surface area contributed by atoms with Gasteiger partial charge in [0.1, 0.15) is 0 Å². The Morgan fingerprint density at radius 1 is 1.33 bits per heavy atom. The molecule has 0 fully saturated rings. The molecule has 0 aliphatic carbocycles. The number of amides is 1. The van der Waals surface area contributed by atoms with Crippen LogP contribution in [-0.2, 0) is 13.5 Å². The van der Waals surface area contributed by atoms with E-state index < -0.39 is 0 Å². The summed E-state index contributed by atoms with van der Waals surface area (Å²) >= 11 is 0. The van der Waals surface area contributed by atoms with E-state index >= 15 is 0 Å². The summed E-state index contributed by atoms with van der Waals surface area (Å²) in [5.41, 5.74) is 7.40. The Bertz CT molecular complexity index is 616. The van der Waals surface area contributed by atoms with Crippen LogP contribution in [0, 0.1) is 0 Å². The van der Waals surface area contributed by atoms with E-state index in [1.54, 1.807) is 17.9 Å². The number of rotatable bonds is 5. The molecule has 0 radical (unpaired) electrons. The Balaban J connectivity index is 1.97. The van der Waals surface area contributed by atoms with E-state index in [4.69, 9.17) is 5.73 Å². The first-order valence-electron chi connectivity index (χ1n) is 7.03. The Morgan fingerprint density at radius 2 is 2.00 bits per heavy atom. The average molecular weight is 286 g/mol. The van der Waals surface area contributed by atoms with Crippen LogP contribution >= 0.6 is 0 Å². The molecule has 5 nitrogen and oxygen atoms in total. The number of carbonyl (C=O) groups is 1. The van der Waals surface area contributed by atoms with Gasteiger partial charge in [-0.1, -0.05) is 30.3 Å². The molecule has 0 atom stereocenters. The van der Waals surface area contributed by atoms with Crippen molar-refractivity contribution in [1.82, 2.24) is 15.1 Å². The highest BCUT2D eigenvalue weighted by molar-refractivity contribution is 5.97. The zero-order chi connectivity index (χ0) is 15.5. The predicted molar refractivity (Wildman–Crippen MR) is 83.9 cm³/mol. The third kappa shape index (κ3) is 4.08. The van der Waals surface area contributed by atoms with Crippen molar-refractivity contribution in [3.8, 4) is 0 Å².